The number of pyridine rings is 1. The number of aryl methyl sites for hydroxylation is 1. The topological polar surface area (TPSA) is 72.3 Å². The van der Waals surface area contributed by atoms with Gasteiger partial charge in [-0.05, 0) is 68.7 Å². The molecule has 5 rings (SSSR count). The van der Waals surface area contributed by atoms with E-state index in [2.05, 4.69) is 4.98 Å². The zero-order valence-electron chi connectivity index (χ0n) is 20.9. The molecule has 2 aromatic heterocycles. The molecule has 6 nitrogen and oxygen atoms in total. The van der Waals surface area contributed by atoms with Gasteiger partial charge in [0.2, 0.25) is 5.91 Å². The van der Waals surface area contributed by atoms with E-state index in [1.807, 2.05) is 13.8 Å². The molecule has 0 spiro atoms. The minimum Gasteiger partial charge on any atom is -0.338 e. The van der Waals surface area contributed by atoms with Crippen LogP contribution in [-0.4, -0.2) is 34.7 Å². The van der Waals surface area contributed by atoms with Gasteiger partial charge in [0.15, 0.2) is 0 Å². The van der Waals surface area contributed by atoms with Gasteiger partial charge in [0.1, 0.15) is 0 Å². The molecule has 1 saturated carbocycles. The lowest BCUT2D eigenvalue weighted by Crippen LogP contribution is -2.31. The molecule has 1 aliphatic rings. The van der Waals surface area contributed by atoms with Crippen LogP contribution >= 0.6 is 0 Å². The van der Waals surface area contributed by atoms with Gasteiger partial charge in [-0.1, -0.05) is 23.8 Å². The van der Waals surface area contributed by atoms with E-state index in [-0.39, 0.29) is 39.7 Å². The molecule has 2 heterocycles. The molecule has 0 N–H and O–H groups in total. The van der Waals surface area contributed by atoms with E-state index in [4.69, 9.17) is 0 Å². The molecular weight excluding hydrogens is 515 g/mol. The van der Waals surface area contributed by atoms with Gasteiger partial charge < -0.3 is 4.90 Å². The van der Waals surface area contributed by atoms with Crippen molar-refractivity contribution in [3.63, 3.8) is 0 Å². The highest BCUT2D eigenvalue weighted by Crippen LogP contribution is 2.39. The van der Waals surface area contributed by atoms with Gasteiger partial charge in [0.25, 0.3) is 10.0 Å². The van der Waals surface area contributed by atoms with Crippen LogP contribution in [0.15, 0.2) is 71.9 Å². The number of rotatable bonds is 7. The maximum Gasteiger partial charge on any atom is 0.416 e. The smallest absolute Gasteiger partial charge is 0.338 e. The average molecular weight is 542 g/mol. The van der Waals surface area contributed by atoms with E-state index in [9.17, 15) is 26.4 Å². The summed E-state index contributed by atoms with van der Waals surface area (Å²) in [5.41, 5.74) is 1.27. The van der Waals surface area contributed by atoms with Crippen LogP contribution in [0.1, 0.15) is 36.5 Å². The minimum atomic E-state index is -4.62. The van der Waals surface area contributed by atoms with Crippen molar-refractivity contribution in [3.05, 3.63) is 83.7 Å². The molecule has 2 aromatic carbocycles. The van der Waals surface area contributed by atoms with Crippen molar-refractivity contribution in [2.24, 2.45) is 5.92 Å². The highest BCUT2D eigenvalue weighted by atomic mass is 32.2. The summed E-state index contributed by atoms with van der Waals surface area (Å²) in [6.45, 7) is 4.37. The number of hydrogen-bond acceptors (Lipinski definition) is 4. The molecule has 1 fully saturated rings. The molecule has 1 amide bonds. The fourth-order valence-electron chi connectivity index (χ4n) is 4.54. The zero-order valence-corrected chi connectivity index (χ0v) is 21.7. The van der Waals surface area contributed by atoms with Crippen molar-refractivity contribution in [1.29, 1.82) is 0 Å². The van der Waals surface area contributed by atoms with Crippen molar-refractivity contribution < 1.29 is 26.4 Å². The van der Waals surface area contributed by atoms with E-state index in [1.54, 1.807) is 29.2 Å². The first-order valence-electron chi connectivity index (χ1n) is 12.3. The maximum atomic E-state index is 13.7. The lowest BCUT2D eigenvalue weighted by atomic mass is 10.0. The summed E-state index contributed by atoms with van der Waals surface area (Å²) in [7, 11) is -4.13. The first-order chi connectivity index (χ1) is 18.0. The Bertz CT molecular complexity index is 1620. The molecule has 0 bridgehead atoms. The second-order valence-corrected chi connectivity index (χ2v) is 11.3. The number of fused-ring (bicyclic) bond motifs is 1. The largest absolute Gasteiger partial charge is 0.416 e. The first kappa shape index (κ1) is 26.0. The number of carbonyl (C=O) groups is 1. The van der Waals surface area contributed by atoms with Crippen LogP contribution in [0.5, 0.6) is 0 Å². The van der Waals surface area contributed by atoms with Gasteiger partial charge in [-0.15, -0.1) is 0 Å². The minimum absolute atomic E-state index is 0.00554. The third-order valence-corrected chi connectivity index (χ3v) is 8.49. The molecule has 0 aliphatic heterocycles. The van der Waals surface area contributed by atoms with Crippen molar-refractivity contribution in [2.75, 3.05) is 6.54 Å². The van der Waals surface area contributed by atoms with Crippen LogP contribution < -0.4 is 0 Å². The molecule has 4 aromatic rings. The molecular formula is C28H26F3N3O3S. The first-order valence-corrected chi connectivity index (χ1v) is 13.7. The number of halogens is 3. The van der Waals surface area contributed by atoms with E-state index < -0.39 is 21.8 Å². The van der Waals surface area contributed by atoms with Crippen molar-refractivity contribution in [3.8, 4) is 11.3 Å². The van der Waals surface area contributed by atoms with E-state index in [1.165, 1.54) is 30.6 Å². The van der Waals surface area contributed by atoms with Crippen LogP contribution in [0.3, 0.4) is 0 Å². The molecule has 1 aliphatic carbocycles. The summed E-state index contributed by atoms with van der Waals surface area (Å²) >= 11 is 0. The molecule has 0 unspecified atom stereocenters. The normalized spacial score (nSPS) is 14.1. The Morgan fingerprint density at radius 1 is 1.11 bits per heavy atom. The van der Waals surface area contributed by atoms with Gasteiger partial charge in [-0.2, -0.15) is 13.2 Å². The average Bonchev–Trinajstić information content (AvgIpc) is 3.66. The van der Waals surface area contributed by atoms with Gasteiger partial charge >= 0.3 is 6.18 Å². The summed E-state index contributed by atoms with van der Waals surface area (Å²) in [5.74, 6) is 0.0389. The Balaban J connectivity index is 1.70. The monoisotopic (exact) mass is 541 g/mol. The lowest BCUT2D eigenvalue weighted by molar-refractivity contribution is -0.137. The number of benzene rings is 2. The van der Waals surface area contributed by atoms with Crippen LogP contribution in [0.4, 0.5) is 13.2 Å². The summed E-state index contributed by atoms with van der Waals surface area (Å²) in [6, 6.07) is 12.7. The second kappa shape index (κ2) is 9.58. The van der Waals surface area contributed by atoms with Crippen LogP contribution in [-0.2, 0) is 27.5 Å². The van der Waals surface area contributed by atoms with Crippen molar-refractivity contribution in [1.82, 2.24) is 13.9 Å². The van der Waals surface area contributed by atoms with Gasteiger partial charge in [0, 0.05) is 42.4 Å². The highest BCUT2D eigenvalue weighted by molar-refractivity contribution is 7.90. The summed E-state index contributed by atoms with van der Waals surface area (Å²) in [6.07, 6.45) is -0.0976. The van der Waals surface area contributed by atoms with Crippen molar-refractivity contribution in [2.45, 2.75) is 44.3 Å². The fourth-order valence-corrected chi connectivity index (χ4v) is 5.91. The lowest BCUT2D eigenvalue weighted by Gasteiger charge is -2.22. The van der Waals surface area contributed by atoms with E-state index >= 15 is 0 Å². The standard InChI is InChI=1S/C28H26F3N3O3S/c1-3-33(27(35)19-8-9-19)16-20-5-4-14-32-26(20)24-17-34(38(36,37)22-11-6-18(2)7-12-22)25-13-10-21(15-23(24)25)28(29,30)31/h4-7,10-15,17,19H,3,8-9,16H2,1-2H3. The third-order valence-electron chi connectivity index (χ3n) is 6.80. The van der Waals surface area contributed by atoms with E-state index in [0.717, 1.165) is 34.5 Å². The molecule has 10 heteroatoms. The molecule has 198 valence electrons. The summed E-state index contributed by atoms with van der Waals surface area (Å²) in [5, 5.41) is 0.104. The predicted molar refractivity (Wildman–Crippen MR) is 138 cm³/mol. The zero-order chi connectivity index (χ0) is 27.2. The highest BCUT2D eigenvalue weighted by Gasteiger charge is 2.34. The number of alkyl halides is 3. The number of aromatic nitrogens is 2. The molecule has 0 saturated heterocycles. The van der Waals surface area contributed by atoms with Gasteiger partial charge in [-0.3, -0.25) is 9.78 Å². The Morgan fingerprint density at radius 3 is 2.45 bits per heavy atom. The quantitative estimate of drug-likeness (QED) is 0.287. The Hall–Kier alpha value is -3.66. The van der Waals surface area contributed by atoms with E-state index in [0.29, 0.717) is 17.8 Å². The second-order valence-electron chi connectivity index (χ2n) is 9.52. The van der Waals surface area contributed by atoms with Crippen LogP contribution in [0, 0.1) is 12.8 Å². The van der Waals surface area contributed by atoms with Crippen molar-refractivity contribution >= 4 is 26.8 Å². The molecule has 38 heavy (non-hydrogen) atoms. The third kappa shape index (κ3) is 4.80. The Kier molecular flexibility index (Phi) is 6.54. The van der Waals surface area contributed by atoms with Gasteiger partial charge in [0.05, 0.1) is 21.7 Å². The Labute approximate surface area is 218 Å². The predicted octanol–water partition coefficient (Wildman–Crippen LogP) is 6.03. The molecule has 0 radical (unpaired) electrons. The Morgan fingerprint density at radius 2 is 1.82 bits per heavy atom. The fraction of sp³-hybridized carbons (Fsp3) is 0.286. The van der Waals surface area contributed by atoms with Gasteiger partial charge in [-0.25, -0.2) is 12.4 Å². The number of carbonyl (C=O) groups excluding carboxylic acids is 1. The number of nitrogens with zero attached hydrogens (tertiary/aromatic N) is 3. The SMILES string of the molecule is CCN(Cc1cccnc1-c1cn(S(=O)(=O)c2ccc(C)cc2)c2ccc(C(F)(F)F)cc12)C(=O)C1CC1. The summed E-state index contributed by atoms with van der Waals surface area (Å²) < 4.78 is 69.3. The number of hydrogen-bond donors (Lipinski definition) is 0. The molecule has 0 atom stereocenters. The number of amides is 1. The van der Waals surface area contributed by atoms with Crippen LogP contribution in [0.2, 0.25) is 0 Å². The summed E-state index contributed by atoms with van der Waals surface area (Å²) in [4.78, 5) is 18.9. The maximum absolute atomic E-state index is 13.7. The van der Waals surface area contributed by atoms with Crippen LogP contribution in [0.25, 0.3) is 22.2 Å².